The van der Waals surface area contributed by atoms with E-state index in [1.807, 2.05) is 22.0 Å². The van der Waals surface area contributed by atoms with Crippen LogP contribution in [0.1, 0.15) is 73.1 Å². The van der Waals surface area contributed by atoms with Crippen LogP contribution in [0.5, 0.6) is 0 Å². The van der Waals surface area contributed by atoms with Crippen LogP contribution < -0.4 is 10.6 Å². The lowest BCUT2D eigenvalue weighted by Crippen LogP contribution is -2.54. The number of benzene rings is 1. The maximum absolute atomic E-state index is 13.9. The first-order chi connectivity index (χ1) is 17.4. The second-order valence-electron chi connectivity index (χ2n) is 10.3. The summed E-state index contributed by atoms with van der Waals surface area (Å²) in [6.45, 7) is 5.71. The van der Waals surface area contributed by atoms with E-state index in [1.165, 1.54) is 0 Å². The molecule has 5 rings (SSSR count). The van der Waals surface area contributed by atoms with Crippen LogP contribution in [0.25, 0.3) is 0 Å². The summed E-state index contributed by atoms with van der Waals surface area (Å²) in [6.07, 6.45) is 7.43. The molecule has 2 heterocycles. The van der Waals surface area contributed by atoms with Crippen molar-refractivity contribution in [1.29, 1.82) is 0 Å². The lowest BCUT2D eigenvalue weighted by atomic mass is 9.69. The second-order valence-corrected chi connectivity index (χ2v) is 10.3. The van der Waals surface area contributed by atoms with Crippen molar-refractivity contribution < 1.29 is 19.8 Å². The molecule has 2 fully saturated rings. The zero-order valence-electron chi connectivity index (χ0n) is 21.2. The number of allylic oxidation sites excluding steroid dienone is 4. The first kappa shape index (κ1) is 25.1. The summed E-state index contributed by atoms with van der Waals surface area (Å²) in [5, 5.41) is 28.0. The highest BCUT2D eigenvalue weighted by molar-refractivity contribution is 6.18. The highest BCUT2D eigenvalue weighted by atomic mass is 16.3. The van der Waals surface area contributed by atoms with Crippen molar-refractivity contribution in [3.05, 3.63) is 58.9 Å². The van der Waals surface area contributed by atoms with Gasteiger partial charge in [-0.25, -0.2) is 0 Å². The maximum Gasteiger partial charge on any atom is 0.173 e. The Morgan fingerprint density at radius 3 is 1.56 bits per heavy atom. The van der Waals surface area contributed by atoms with Crippen LogP contribution in [0, 0.1) is 11.8 Å². The zero-order chi connectivity index (χ0) is 25.4. The van der Waals surface area contributed by atoms with E-state index in [1.54, 1.807) is 24.3 Å². The van der Waals surface area contributed by atoms with Crippen LogP contribution in [-0.2, 0) is 0 Å². The van der Waals surface area contributed by atoms with E-state index >= 15 is 0 Å². The molecule has 0 spiro atoms. The summed E-state index contributed by atoms with van der Waals surface area (Å²) >= 11 is 0. The quantitative estimate of drug-likeness (QED) is 0.437. The van der Waals surface area contributed by atoms with Crippen LogP contribution >= 0.6 is 0 Å². The Morgan fingerprint density at radius 1 is 0.806 bits per heavy atom. The fraction of sp³-hybridized carbons (Fsp3) is 0.571. The number of ketones is 2. The fourth-order valence-electron chi connectivity index (χ4n) is 6.35. The zero-order valence-corrected chi connectivity index (χ0v) is 21.2. The lowest BCUT2D eigenvalue weighted by molar-refractivity contribution is -0.00267. The van der Waals surface area contributed by atoms with Crippen molar-refractivity contribution in [2.24, 2.45) is 11.8 Å². The number of fused-ring (bicyclic) bond motifs is 2. The van der Waals surface area contributed by atoms with Crippen molar-refractivity contribution in [3.63, 3.8) is 0 Å². The summed E-state index contributed by atoms with van der Waals surface area (Å²) in [7, 11) is 0. The number of Topliss-reactive ketones (excluding diaryl/α,β-unsaturated/α-hetero) is 2. The molecule has 2 aliphatic carbocycles. The minimum atomic E-state index is -0.658. The average molecular weight is 495 g/mol. The smallest absolute Gasteiger partial charge is 0.173 e. The molecule has 6 atom stereocenters. The van der Waals surface area contributed by atoms with Crippen LogP contribution in [-0.4, -0.2) is 69.5 Å². The third kappa shape index (κ3) is 4.41. The topological polar surface area (TPSA) is 105 Å². The highest BCUT2D eigenvalue weighted by Gasteiger charge is 2.47. The minimum Gasteiger partial charge on any atom is -0.378 e. The summed E-state index contributed by atoms with van der Waals surface area (Å²) < 4.78 is 0. The Balaban J connectivity index is 1.50. The largest absolute Gasteiger partial charge is 0.378 e. The van der Waals surface area contributed by atoms with Gasteiger partial charge in [0.1, 0.15) is 12.5 Å². The van der Waals surface area contributed by atoms with Crippen LogP contribution in [0.15, 0.2) is 47.8 Å². The van der Waals surface area contributed by atoms with Gasteiger partial charge in [0.05, 0.1) is 24.2 Å². The van der Waals surface area contributed by atoms with Crippen molar-refractivity contribution >= 4 is 11.6 Å². The number of nitrogens with zero attached hydrogens (tertiary/aromatic N) is 2. The maximum atomic E-state index is 13.9. The van der Waals surface area contributed by atoms with Gasteiger partial charge in [0, 0.05) is 35.6 Å². The Hall–Kier alpha value is -2.52. The van der Waals surface area contributed by atoms with Gasteiger partial charge in [-0.1, -0.05) is 38.1 Å². The van der Waals surface area contributed by atoms with Crippen molar-refractivity contribution in [3.8, 4) is 0 Å². The molecule has 8 heteroatoms. The molecule has 4 N–H and O–H groups in total. The Bertz CT molecular complexity index is 986. The molecule has 0 radical (unpaired) electrons. The Kier molecular flexibility index (Phi) is 7.30. The predicted octanol–water partition coefficient (Wildman–Crippen LogP) is 2.56. The minimum absolute atomic E-state index is 0.0626. The van der Waals surface area contributed by atoms with Gasteiger partial charge >= 0.3 is 0 Å². The third-order valence-corrected chi connectivity index (χ3v) is 8.23. The average Bonchev–Trinajstić information content (AvgIpc) is 3.52. The normalized spacial score (nSPS) is 30.3. The van der Waals surface area contributed by atoms with Crippen molar-refractivity contribution in [2.45, 2.75) is 77.2 Å². The number of aliphatic hydroxyl groups is 2. The number of aliphatic hydroxyl groups excluding tert-OH is 2. The van der Waals surface area contributed by atoms with Crippen molar-refractivity contribution in [2.75, 3.05) is 13.1 Å². The number of nitrogens with one attached hydrogen (secondary N) is 2. The number of hydrogen-bond acceptors (Lipinski definition) is 8. The van der Waals surface area contributed by atoms with Gasteiger partial charge in [0.2, 0.25) is 0 Å². The van der Waals surface area contributed by atoms with E-state index in [-0.39, 0.29) is 23.9 Å². The summed E-state index contributed by atoms with van der Waals surface area (Å²) in [5.74, 6) is -1.44. The molecular weight excluding hydrogens is 456 g/mol. The molecule has 0 aromatic heterocycles. The SMILES string of the molecule is CCC(NC1=CC=C(NC(CC)N2CCCC2O)C2C(=O)c3ccccc3C(=O)C12)N1CCCC1O. The third-order valence-electron chi connectivity index (χ3n) is 8.23. The van der Waals surface area contributed by atoms with E-state index < -0.39 is 24.3 Å². The van der Waals surface area contributed by atoms with E-state index in [0.717, 1.165) is 63.0 Å². The Labute approximate surface area is 213 Å². The number of hydrogen-bond donors (Lipinski definition) is 4. The molecule has 0 saturated carbocycles. The van der Waals surface area contributed by atoms with Gasteiger partial charge in [-0.15, -0.1) is 0 Å². The summed E-state index contributed by atoms with van der Waals surface area (Å²) in [4.78, 5) is 31.8. The molecule has 1 aromatic rings. The standard InChI is InChI=1S/C28H38N4O4/c1-3-21(31-15-7-11-23(31)33)29-19-13-14-20(30-22(4-2)32-16-8-12-24(32)34)26-25(19)27(35)17-9-5-6-10-18(17)28(26)36/h5-6,9-10,13-14,21-26,29-30,33-34H,3-4,7-8,11-12,15-16H2,1-2H3. The monoisotopic (exact) mass is 494 g/mol. The molecule has 0 amide bonds. The number of likely N-dealkylation sites (tertiary alicyclic amines) is 2. The van der Waals surface area contributed by atoms with Crippen LogP contribution in [0.4, 0.5) is 0 Å². The molecule has 6 unspecified atom stereocenters. The molecule has 8 nitrogen and oxygen atoms in total. The number of carbonyl (C=O) groups is 2. The van der Waals surface area contributed by atoms with E-state index in [0.29, 0.717) is 11.1 Å². The van der Waals surface area contributed by atoms with Gasteiger partial charge in [0.15, 0.2) is 11.6 Å². The lowest BCUT2D eigenvalue weighted by Gasteiger charge is -2.41. The fourth-order valence-corrected chi connectivity index (χ4v) is 6.35. The van der Waals surface area contributed by atoms with E-state index in [2.05, 4.69) is 24.5 Å². The van der Waals surface area contributed by atoms with Gasteiger partial charge < -0.3 is 20.8 Å². The molecule has 2 aliphatic heterocycles. The van der Waals surface area contributed by atoms with Crippen molar-refractivity contribution in [1.82, 2.24) is 20.4 Å². The molecule has 4 aliphatic rings. The Morgan fingerprint density at radius 2 is 1.22 bits per heavy atom. The van der Waals surface area contributed by atoms with Gasteiger partial charge in [0.25, 0.3) is 0 Å². The first-order valence-electron chi connectivity index (χ1n) is 13.4. The second kappa shape index (κ2) is 10.5. The molecule has 0 bridgehead atoms. The van der Waals surface area contributed by atoms with E-state index in [9.17, 15) is 19.8 Å². The highest BCUT2D eigenvalue weighted by Crippen LogP contribution is 2.40. The van der Waals surface area contributed by atoms with Gasteiger partial charge in [-0.2, -0.15) is 0 Å². The molecule has 1 aromatic carbocycles. The predicted molar refractivity (Wildman–Crippen MR) is 137 cm³/mol. The van der Waals surface area contributed by atoms with Crippen LogP contribution in [0.3, 0.4) is 0 Å². The molecular formula is C28H38N4O4. The van der Waals surface area contributed by atoms with Gasteiger partial charge in [-0.05, 0) is 50.7 Å². The molecule has 194 valence electrons. The molecule has 2 saturated heterocycles. The van der Waals surface area contributed by atoms with E-state index in [4.69, 9.17) is 0 Å². The first-order valence-corrected chi connectivity index (χ1v) is 13.4. The molecule has 36 heavy (non-hydrogen) atoms. The van der Waals surface area contributed by atoms with Crippen LogP contribution in [0.2, 0.25) is 0 Å². The summed E-state index contributed by atoms with van der Waals surface area (Å²) in [6, 6.07) is 7.09. The number of carbonyl (C=O) groups excluding carboxylic acids is 2. The summed E-state index contributed by atoms with van der Waals surface area (Å²) in [5.41, 5.74) is 2.38. The van der Waals surface area contributed by atoms with Gasteiger partial charge in [-0.3, -0.25) is 19.4 Å². The number of rotatable bonds is 8.